The van der Waals surface area contributed by atoms with Gasteiger partial charge in [-0.05, 0) is 63.5 Å². The number of benzene rings is 3. The van der Waals surface area contributed by atoms with Crippen molar-refractivity contribution in [3.05, 3.63) is 82.4 Å². The summed E-state index contributed by atoms with van der Waals surface area (Å²) in [4.78, 5) is 0. The molecule has 1 aliphatic heterocycles. The summed E-state index contributed by atoms with van der Waals surface area (Å²) in [6, 6.07) is 21.1. The van der Waals surface area contributed by atoms with Crippen LogP contribution in [0.2, 0.25) is 18.1 Å². The Bertz CT molecular complexity index is 1070. The second-order valence-electron chi connectivity index (χ2n) is 7.09. The Hall–Kier alpha value is -2.27. The predicted octanol–water partition coefficient (Wildman–Crippen LogP) is 5.79. The molecule has 0 saturated carbocycles. The fraction of sp³-hybridized carbons (Fsp3) is 0.130. The summed E-state index contributed by atoms with van der Waals surface area (Å²) in [5.74, 6) is 6.72. The van der Waals surface area contributed by atoms with E-state index in [0.717, 1.165) is 10.6 Å². The lowest BCUT2D eigenvalue weighted by Crippen LogP contribution is -2.39. The van der Waals surface area contributed by atoms with Crippen molar-refractivity contribution < 1.29 is 0 Å². The second-order valence-corrected chi connectivity index (χ2v) is 11.8. The summed E-state index contributed by atoms with van der Waals surface area (Å²) >= 11 is 5.96. The van der Waals surface area contributed by atoms with Crippen LogP contribution in [0.4, 0.5) is 0 Å². The number of hydrogen-bond acceptors (Lipinski definition) is 0. The molecule has 0 aliphatic carbocycles. The molecule has 0 bridgehead atoms. The third-order valence-corrected chi connectivity index (χ3v) is 9.00. The van der Waals surface area contributed by atoms with E-state index in [1.165, 1.54) is 32.3 Å². The van der Waals surface area contributed by atoms with Crippen molar-refractivity contribution in [1.29, 1.82) is 0 Å². The van der Waals surface area contributed by atoms with Crippen LogP contribution in [0.3, 0.4) is 0 Å². The molecule has 4 rings (SSSR count). The van der Waals surface area contributed by atoms with Crippen molar-refractivity contribution in [2.45, 2.75) is 20.0 Å². The van der Waals surface area contributed by atoms with Crippen LogP contribution in [0.25, 0.3) is 16.0 Å². The molecule has 0 atom stereocenters. The van der Waals surface area contributed by atoms with Crippen LogP contribution >= 0.6 is 11.6 Å². The van der Waals surface area contributed by atoms with Crippen LogP contribution in [0.15, 0.2) is 66.2 Å². The summed E-state index contributed by atoms with van der Waals surface area (Å²) < 4.78 is 0. The zero-order chi connectivity index (χ0) is 17.6. The predicted molar refractivity (Wildman–Crippen MR) is 112 cm³/mol. The van der Waals surface area contributed by atoms with Gasteiger partial charge in [-0.1, -0.05) is 72.9 Å². The molecule has 0 N–H and O–H groups in total. The smallest absolute Gasteiger partial charge is 0.0843 e. The van der Waals surface area contributed by atoms with Gasteiger partial charge < -0.3 is 0 Å². The van der Waals surface area contributed by atoms with Crippen LogP contribution in [-0.2, 0) is 0 Å². The number of hydrogen-bond donors (Lipinski definition) is 0. The minimum absolute atomic E-state index is 0.743. The van der Waals surface area contributed by atoms with Crippen LogP contribution in [0.5, 0.6) is 0 Å². The molecule has 0 aromatic heterocycles. The van der Waals surface area contributed by atoms with E-state index in [1.54, 1.807) is 0 Å². The number of rotatable bonds is 0. The number of allylic oxidation sites excluding steroid dienone is 1. The zero-order valence-corrected chi connectivity index (χ0v) is 16.4. The fourth-order valence-corrected chi connectivity index (χ4v) is 7.67. The fourth-order valence-electron chi connectivity index (χ4n) is 3.97. The first-order valence-corrected chi connectivity index (χ1v) is 11.9. The third kappa shape index (κ3) is 2.63. The molecular weight excluding hydrogens is 340 g/mol. The molecule has 0 saturated heterocycles. The van der Waals surface area contributed by atoms with Gasteiger partial charge in [-0.2, -0.15) is 0 Å². The van der Waals surface area contributed by atoms with Crippen molar-refractivity contribution in [3.63, 3.8) is 0 Å². The Labute approximate surface area is 155 Å². The monoisotopic (exact) mass is 358 g/mol. The van der Waals surface area contributed by atoms with Gasteiger partial charge in [0.05, 0.1) is 0 Å². The zero-order valence-electron chi connectivity index (χ0n) is 14.7. The highest BCUT2D eigenvalue weighted by molar-refractivity contribution is 7.08. The van der Waals surface area contributed by atoms with E-state index in [1.807, 2.05) is 24.3 Å². The summed E-state index contributed by atoms with van der Waals surface area (Å²) in [5, 5.41) is 6.52. The lowest BCUT2D eigenvalue weighted by molar-refractivity contribution is 1.57. The minimum Gasteiger partial charge on any atom is -0.0843 e. The largest absolute Gasteiger partial charge is 0.115 e. The maximum atomic E-state index is 5.96. The summed E-state index contributed by atoms with van der Waals surface area (Å²) in [6.07, 6.45) is 0. The van der Waals surface area contributed by atoms with E-state index in [4.69, 9.17) is 11.6 Å². The summed E-state index contributed by atoms with van der Waals surface area (Å²) in [6.45, 7) is 7.03. The molecule has 25 heavy (non-hydrogen) atoms. The van der Waals surface area contributed by atoms with Gasteiger partial charge in [0.2, 0.25) is 0 Å². The first kappa shape index (κ1) is 16.2. The molecule has 1 heterocycles. The van der Waals surface area contributed by atoms with Crippen molar-refractivity contribution in [2.24, 2.45) is 0 Å². The van der Waals surface area contributed by atoms with Crippen LogP contribution < -0.4 is 5.19 Å². The topological polar surface area (TPSA) is 0 Å². The minimum atomic E-state index is -1.73. The van der Waals surface area contributed by atoms with E-state index in [2.05, 4.69) is 68.3 Å². The van der Waals surface area contributed by atoms with Crippen molar-refractivity contribution in [3.8, 4) is 11.8 Å². The van der Waals surface area contributed by atoms with Gasteiger partial charge in [0.25, 0.3) is 0 Å². The first-order chi connectivity index (χ1) is 12.0. The molecule has 3 aromatic carbocycles. The normalized spacial score (nSPS) is 16.5. The van der Waals surface area contributed by atoms with Gasteiger partial charge in [-0.15, -0.1) is 0 Å². The molecule has 0 unspecified atom stereocenters. The third-order valence-electron chi connectivity index (χ3n) is 5.09. The van der Waals surface area contributed by atoms with E-state index in [9.17, 15) is 0 Å². The van der Waals surface area contributed by atoms with Gasteiger partial charge in [0, 0.05) is 10.6 Å². The lowest BCUT2D eigenvalue weighted by Gasteiger charge is -2.21. The van der Waals surface area contributed by atoms with Gasteiger partial charge in [0.1, 0.15) is 8.07 Å². The molecule has 1 aliphatic rings. The van der Waals surface area contributed by atoms with Crippen LogP contribution in [-0.4, -0.2) is 8.07 Å². The molecule has 2 heteroatoms. The highest BCUT2D eigenvalue weighted by Crippen LogP contribution is 2.40. The maximum absolute atomic E-state index is 5.96. The average molecular weight is 359 g/mol. The van der Waals surface area contributed by atoms with Gasteiger partial charge in [-0.25, -0.2) is 0 Å². The van der Waals surface area contributed by atoms with Gasteiger partial charge >= 0.3 is 0 Å². The summed E-state index contributed by atoms with van der Waals surface area (Å²) in [5.41, 5.74) is 3.57. The van der Waals surface area contributed by atoms with E-state index < -0.39 is 8.07 Å². The Balaban J connectivity index is 1.89. The molecule has 3 aromatic rings. The molecule has 0 fully saturated rings. The Kier molecular flexibility index (Phi) is 3.83. The second kappa shape index (κ2) is 5.91. The first-order valence-electron chi connectivity index (χ1n) is 8.50. The van der Waals surface area contributed by atoms with E-state index in [-0.39, 0.29) is 0 Å². The quantitative estimate of drug-likeness (QED) is 0.352. The molecule has 0 spiro atoms. The SMILES string of the molecule is C/C(C#Cc1ccc(Cl)cc1)=C1/c2cccc3cccc(c23)[Si]1(C)C. The lowest BCUT2D eigenvalue weighted by atomic mass is 10.0. The van der Waals surface area contributed by atoms with Gasteiger partial charge in [0.15, 0.2) is 0 Å². The average Bonchev–Trinajstić information content (AvgIpc) is 2.84. The van der Waals surface area contributed by atoms with Crippen molar-refractivity contribution >= 4 is 40.8 Å². The van der Waals surface area contributed by atoms with Crippen LogP contribution in [0.1, 0.15) is 18.1 Å². The molecule has 0 amide bonds. The van der Waals surface area contributed by atoms with E-state index in [0.29, 0.717) is 0 Å². The highest BCUT2D eigenvalue weighted by atomic mass is 35.5. The van der Waals surface area contributed by atoms with E-state index >= 15 is 0 Å². The van der Waals surface area contributed by atoms with Gasteiger partial charge in [-0.3, -0.25) is 0 Å². The van der Waals surface area contributed by atoms with Crippen molar-refractivity contribution in [1.82, 2.24) is 0 Å². The highest BCUT2D eigenvalue weighted by Gasteiger charge is 2.38. The Morgan fingerprint density at radius 2 is 1.60 bits per heavy atom. The number of halogens is 1. The Morgan fingerprint density at radius 1 is 0.920 bits per heavy atom. The molecule has 0 radical (unpaired) electrons. The standard InChI is InChI=1S/C23H19ClSi/c1-16(10-11-17-12-14-19(24)15-13-17)23-20-8-4-6-18-7-5-9-21(22(18)20)25(23,2)3/h4-9,12-15H,1-3H3/b23-16+. The van der Waals surface area contributed by atoms with Crippen molar-refractivity contribution in [2.75, 3.05) is 0 Å². The molecule has 0 nitrogen and oxygen atoms in total. The van der Waals surface area contributed by atoms with Crippen LogP contribution in [0, 0.1) is 11.8 Å². The molecule has 122 valence electrons. The molecular formula is C23H19ClSi. The summed E-state index contributed by atoms with van der Waals surface area (Å²) in [7, 11) is -1.73. The Morgan fingerprint density at radius 3 is 2.32 bits per heavy atom. The maximum Gasteiger partial charge on any atom is 0.115 e.